The van der Waals surface area contributed by atoms with Gasteiger partial charge in [-0.2, -0.15) is 0 Å². The molecule has 0 unspecified atom stereocenters. The second-order valence-electron chi connectivity index (χ2n) is 4.60. The molecule has 106 valence electrons. The van der Waals surface area contributed by atoms with Crippen molar-refractivity contribution in [3.8, 4) is 11.1 Å². The first-order chi connectivity index (χ1) is 9.50. The van der Waals surface area contributed by atoms with Gasteiger partial charge in [0.15, 0.2) is 0 Å². The lowest BCUT2D eigenvalue weighted by molar-refractivity contribution is 0.686. The zero-order chi connectivity index (χ0) is 14.7. The molecule has 0 bridgehead atoms. The van der Waals surface area contributed by atoms with Crippen molar-refractivity contribution in [2.75, 3.05) is 12.0 Å². The molecule has 2 N–H and O–H groups in total. The van der Waals surface area contributed by atoms with Crippen molar-refractivity contribution in [1.82, 2.24) is 10.2 Å². The smallest absolute Gasteiger partial charge is 0.305 e. The van der Waals surface area contributed by atoms with Crippen molar-refractivity contribution in [3.05, 3.63) is 56.1 Å². The minimum atomic E-state index is -0.856. The van der Waals surface area contributed by atoms with Crippen LogP contribution in [0, 0.1) is 6.92 Å². The van der Waals surface area contributed by atoms with Gasteiger partial charge < -0.3 is 5.10 Å². The predicted octanol–water partition coefficient (Wildman–Crippen LogP) is 0.960. The maximum Gasteiger partial charge on any atom is 0.310 e. The fourth-order valence-electron chi connectivity index (χ4n) is 2.12. The Labute approximate surface area is 118 Å². The summed E-state index contributed by atoms with van der Waals surface area (Å²) in [5.74, 6) is 0.579. The Balaban J connectivity index is 2.50. The zero-order valence-corrected chi connectivity index (χ0v) is 12.2. The van der Waals surface area contributed by atoms with Gasteiger partial charge in [0.05, 0.1) is 5.56 Å². The highest BCUT2D eigenvalue weighted by molar-refractivity contribution is 7.84. The highest BCUT2D eigenvalue weighted by atomic mass is 32.2. The van der Waals surface area contributed by atoms with Crippen LogP contribution in [0.2, 0.25) is 0 Å². The average Bonchev–Trinajstić information content (AvgIpc) is 2.41. The molecule has 0 amide bonds. The van der Waals surface area contributed by atoms with Gasteiger partial charge in [-0.1, -0.05) is 18.2 Å². The van der Waals surface area contributed by atoms with E-state index in [4.69, 9.17) is 0 Å². The molecular weight excluding hydrogens is 276 g/mol. The van der Waals surface area contributed by atoms with Gasteiger partial charge in [0.25, 0.3) is 5.43 Å². The van der Waals surface area contributed by atoms with Crippen LogP contribution in [0.4, 0.5) is 0 Å². The number of aryl methyl sites for hydroxylation is 1. The molecule has 1 atom stereocenters. The van der Waals surface area contributed by atoms with Gasteiger partial charge in [-0.15, -0.1) is 0 Å². The van der Waals surface area contributed by atoms with Crippen molar-refractivity contribution >= 4 is 10.8 Å². The summed E-state index contributed by atoms with van der Waals surface area (Å²) in [6.07, 6.45) is 3.85. The first-order valence-electron chi connectivity index (χ1n) is 6.20. The SMILES string of the molecule is Cc1c(CC[S@](C)=O)cccc1-c1c[nH][nH]c(=O)c1=O. The fraction of sp³-hybridized carbons (Fsp3) is 0.286. The Kier molecular flexibility index (Phi) is 4.34. The number of hydrogen-bond donors (Lipinski definition) is 2. The molecule has 2 rings (SSSR count). The summed E-state index contributed by atoms with van der Waals surface area (Å²) in [5.41, 5.74) is 1.85. The summed E-state index contributed by atoms with van der Waals surface area (Å²) in [5, 5.41) is 4.83. The summed E-state index contributed by atoms with van der Waals surface area (Å²) in [6.45, 7) is 1.91. The summed E-state index contributed by atoms with van der Waals surface area (Å²) >= 11 is 0. The van der Waals surface area contributed by atoms with Gasteiger partial charge in [-0.05, 0) is 30.0 Å². The van der Waals surface area contributed by atoms with Crippen LogP contribution in [-0.4, -0.2) is 26.4 Å². The van der Waals surface area contributed by atoms with E-state index in [-0.39, 0.29) is 0 Å². The van der Waals surface area contributed by atoms with E-state index in [9.17, 15) is 13.8 Å². The maximum atomic E-state index is 11.9. The molecule has 0 aliphatic heterocycles. The number of H-pyrrole nitrogens is 2. The summed E-state index contributed by atoms with van der Waals surface area (Å²) in [4.78, 5) is 23.3. The molecule has 5 nitrogen and oxygen atoms in total. The van der Waals surface area contributed by atoms with Crippen LogP contribution >= 0.6 is 0 Å². The molecule has 0 spiro atoms. The first kappa shape index (κ1) is 14.5. The molecule has 0 aliphatic carbocycles. The third-order valence-corrected chi connectivity index (χ3v) is 4.03. The third kappa shape index (κ3) is 2.96. The lowest BCUT2D eigenvalue weighted by Crippen LogP contribution is -2.28. The van der Waals surface area contributed by atoms with E-state index in [1.807, 2.05) is 25.1 Å². The van der Waals surface area contributed by atoms with E-state index in [0.717, 1.165) is 16.7 Å². The zero-order valence-electron chi connectivity index (χ0n) is 11.4. The van der Waals surface area contributed by atoms with Crippen molar-refractivity contribution in [2.45, 2.75) is 13.3 Å². The van der Waals surface area contributed by atoms with Crippen LogP contribution in [0.5, 0.6) is 0 Å². The number of hydrogen-bond acceptors (Lipinski definition) is 3. The van der Waals surface area contributed by atoms with Crippen LogP contribution in [-0.2, 0) is 17.2 Å². The normalized spacial score (nSPS) is 12.3. The number of benzene rings is 1. The summed E-state index contributed by atoms with van der Waals surface area (Å²) in [6, 6.07) is 5.61. The van der Waals surface area contributed by atoms with Crippen LogP contribution in [0.3, 0.4) is 0 Å². The van der Waals surface area contributed by atoms with Crippen LogP contribution < -0.4 is 11.0 Å². The van der Waals surface area contributed by atoms with Gasteiger partial charge >= 0.3 is 5.56 Å². The first-order valence-corrected chi connectivity index (χ1v) is 7.92. The Morgan fingerprint density at radius 1 is 1.20 bits per heavy atom. The quantitative estimate of drug-likeness (QED) is 0.823. The topological polar surface area (TPSA) is 82.8 Å². The van der Waals surface area contributed by atoms with Crippen LogP contribution in [0.15, 0.2) is 34.0 Å². The third-order valence-electron chi connectivity index (χ3n) is 3.25. The minimum Gasteiger partial charge on any atom is -0.305 e. The molecule has 2 aromatic rings. The summed E-state index contributed by atoms with van der Waals surface area (Å²) in [7, 11) is -0.856. The molecule has 0 fully saturated rings. The molecule has 0 saturated carbocycles. The molecule has 0 radical (unpaired) electrons. The second-order valence-corrected chi connectivity index (χ2v) is 6.16. The molecule has 0 aliphatic rings. The van der Waals surface area contributed by atoms with Crippen molar-refractivity contribution in [3.63, 3.8) is 0 Å². The highest BCUT2D eigenvalue weighted by Crippen LogP contribution is 2.22. The van der Waals surface area contributed by atoms with E-state index >= 15 is 0 Å². The van der Waals surface area contributed by atoms with E-state index in [2.05, 4.69) is 10.2 Å². The molecular formula is C14H16N2O3S. The molecule has 20 heavy (non-hydrogen) atoms. The number of aromatic nitrogens is 2. The van der Waals surface area contributed by atoms with Gasteiger partial charge in [0, 0.05) is 29.0 Å². The van der Waals surface area contributed by atoms with Crippen molar-refractivity contribution in [2.24, 2.45) is 0 Å². The Morgan fingerprint density at radius 3 is 2.65 bits per heavy atom. The summed E-state index contributed by atoms with van der Waals surface area (Å²) < 4.78 is 11.2. The van der Waals surface area contributed by atoms with Crippen LogP contribution in [0.25, 0.3) is 11.1 Å². The minimum absolute atomic E-state index is 0.353. The Morgan fingerprint density at radius 2 is 1.95 bits per heavy atom. The van der Waals surface area contributed by atoms with Gasteiger partial charge in [-0.25, -0.2) is 0 Å². The van der Waals surface area contributed by atoms with Gasteiger partial charge in [-0.3, -0.25) is 18.9 Å². The van der Waals surface area contributed by atoms with E-state index in [1.54, 1.807) is 6.26 Å². The highest BCUT2D eigenvalue weighted by Gasteiger charge is 2.11. The van der Waals surface area contributed by atoms with E-state index < -0.39 is 21.8 Å². The van der Waals surface area contributed by atoms with Crippen molar-refractivity contribution < 1.29 is 4.21 Å². The van der Waals surface area contributed by atoms with E-state index in [1.165, 1.54) is 6.20 Å². The molecule has 1 aromatic heterocycles. The Bertz CT molecular complexity index is 761. The molecule has 1 heterocycles. The predicted molar refractivity (Wildman–Crippen MR) is 80.5 cm³/mol. The number of nitrogens with one attached hydrogen (secondary N) is 2. The van der Waals surface area contributed by atoms with Crippen molar-refractivity contribution in [1.29, 1.82) is 0 Å². The number of aromatic amines is 2. The Hall–Kier alpha value is -1.95. The fourth-order valence-corrected chi connectivity index (χ4v) is 2.63. The van der Waals surface area contributed by atoms with Gasteiger partial charge in [0.2, 0.25) is 0 Å². The monoisotopic (exact) mass is 292 g/mol. The lowest BCUT2D eigenvalue weighted by atomic mass is 9.96. The van der Waals surface area contributed by atoms with Crippen LogP contribution in [0.1, 0.15) is 11.1 Å². The second kappa shape index (κ2) is 6.00. The molecule has 1 aromatic carbocycles. The van der Waals surface area contributed by atoms with E-state index in [0.29, 0.717) is 17.7 Å². The largest absolute Gasteiger partial charge is 0.310 e. The molecule has 6 heteroatoms. The van der Waals surface area contributed by atoms with Gasteiger partial charge in [0.1, 0.15) is 0 Å². The lowest BCUT2D eigenvalue weighted by Gasteiger charge is -2.10. The standard InChI is InChI=1S/C14H16N2O3S/c1-9-10(6-7-20(2)19)4-3-5-11(9)12-8-15-16-14(18)13(12)17/h3-5,8H,6-7H2,1-2H3,(H,15,17)(H,16,18)/t20-/m0/s1. The average molecular weight is 292 g/mol. The maximum absolute atomic E-state index is 11.9. The molecule has 0 saturated heterocycles. The number of rotatable bonds is 4.